The van der Waals surface area contributed by atoms with Crippen molar-refractivity contribution >= 4 is 28.2 Å². The number of fused-ring (bicyclic) bond motifs is 1. The van der Waals surface area contributed by atoms with E-state index in [2.05, 4.69) is 41.4 Å². The van der Waals surface area contributed by atoms with Crippen LogP contribution in [-0.2, 0) is 0 Å². The molecule has 31 heavy (non-hydrogen) atoms. The molecule has 1 saturated carbocycles. The molecule has 1 heterocycles. The van der Waals surface area contributed by atoms with Gasteiger partial charge in [-0.05, 0) is 87.2 Å². The van der Waals surface area contributed by atoms with Crippen LogP contribution in [0.4, 0.5) is 5.69 Å². The van der Waals surface area contributed by atoms with Crippen LogP contribution in [0.2, 0.25) is 5.02 Å². The minimum absolute atomic E-state index is 0.0393. The molecule has 0 saturated heterocycles. The third kappa shape index (κ3) is 4.89. The summed E-state index contributed by atoms with van der Waals surface area (Å²) in [6.07, 6.45) is 6.76. The fourth-order valence-corrected chi connectivity index (χ4v) is 4.78. The molecule has 0 bridgehead atoms. The average molecular weight is 440 g/mol. The molecule has 0 spiro atoms. The van der Waals surface area contributed by atoms with Gasteiger partial charge < -0.3 is 20.1 Å². The average Bonchev–Trinajstić information content (AvgIpc) is 2.76. The summed E-state index contributed by atoms with van der Waals surface area (Å²) in [6, 6.07) is 12.3. The summed E-state index contributed by atoms with van der Waals surface area (Å²) in [5.74, 6) is 1.12. The highest BCUT2D eigenvalue weighted by atomic mass is 35.5. The number of anilines is 1. The number of pyridine rings is 1. The Hall–Kier alpha value is -2.50. The highest BCUT2D eigenvalue weighted by Gasteiger charge is 2.22. The molecule has 3 aromatic rings. The van der Waals surface area contributed by atoms with E-state index in [-0.39, 0.29) is 10.8 Å². The smallest absolute Gasteiger partial charge is 0.176 e. The number of aromatic nitrogens is 1. The number of nitrogens with one attached hydrogen (secondary N) is 1. The van der Waals surface area contributed by atoms with E-state index in [0.717, 1.165) is 33.6 Å². The molecule has 1 aliphatic carbocycles. The zero-order valence-corrected chi connectivity index (χ0v) is 19.1. The molecule has 2 N–H and O–H groups in total. The topological polar surface area (TPSA) is 57.6 Å². The first kappa shape index (κ1) is 21.7. The minimum atomic E-state index is -0.0393. The van der Waals surface area contributed by atoms with Crippen LogP contribution in [0.15, 0.2) is 42.6 Å². The number of nitrogens with zero attached hydrogens (tertiary/aromatic N) is 2. The molecular weight excluding hydrogens is 410 g/mol. The number of methoxy groups -OCH3 is 1. The third-order valence-electron chi connectivity index (χ3n) is 6.15. The van der Waals surface area contributed by atoms with Gasteiger partial charge >= 0.3 is 0 Å². The van der Waals surface area contributed by atoms with Crippen molar-refractivity contribution in [2.75, 3.05) is 33.1 Å². The quantitative estimate of drug-likeness (QED) is 0.508. The van der Waals surface area contributed by atoms with Crippen molar-refractivity contribution in [2.24, 2.45) is 5.92 Å². The number of rotatable bonds is 6. The first-order valence-electron chi connectivity index (χ1n) is 10.8. The lowest BCUT2D eigenvalue weighted by Crippen LogP contribution is -2.30. The number of phenols is 1. The van der Waals surface area contributed by atoms with Gasteiger partial charge in [0.25, 0.3) is 0 Å². The Kier molecular flexibility index (Phi) is 6.54. The summed E-state index contributed by atoms with van der Waals surface area (Å²) < 4.78 is 5.27. The zero-order chi connectivity index (χ0) is 22.0. The van der Waals surface area contributed by atoms with Gasteiger partial charge in [-0.25, -0.2) is 0 Å². The molecule has 2 aromatic carbocycles. The summed E-state index contributed by atoms with van der Waals surface area (Å²) >= 11 is 6.21. The van der Waals surface area contributed by atoms with Crippen LogP contribution in [0.1, 0.15) is 25.7 Å². The lowest BCUT2D eigenvalue weighted by molar-refractivity contribution is 0.255. The van der Waals surface area contributed by atoms with Crippen molar-refractivity contribution in [1.29, 1.82) is 0 Å². The molecule has 164 valence electrons. The number of ether oxygens (including phenoxy) is 1. The number of benzene rings is 2. The van der Waals surface area contributed by atoms with Crippen molar-refractivity contribution in [3.63, 3.8) is 0 Å². The van der Waals surface area contributed by atoms with E-state index in [1.54, 1.807) is 12.1 Å². The van der Waals surface area contributed by atoms with Gasteiger partial charge in [-0.2, -0.15) is 0 Å². The molecule has 4 rings (SSSR count). The highest BCUT2D eigenvalue weighted by Crippen LogP contribution is 2.39. The van der Waals surface area contributed by atoms with Crippen molar-refractivity contribution in [1.82, 2.24) is 9.88 Å². The van der Waals surface area contributed by atoms with Gasteiger partial charge in [-0.15, -0.1) is 0 Å². The second kappa shape index (κ2) is 9.33. The van der Waals surface area contributed by atoms with Crippen LogP contribution in [0.3, 0.4) is 0 Å². The fraction of sp³-hybridized carbons (Fsp3) is 0.400. The van der Waals surface area contributed by atoms with Crippen molar-refractivity contribution in [2.45, 2.75) is 31.7 Å². The highest BCUT2D eigenvalue weighted by molar-refractivity contribution is 6.32. The molecule has 0 unspecified atom stereocenters. The van der Waals surface area contributed by atoms with E-state index >= 15 is 0 Å². The van der Waals surface area contributed by atoms with E-state index in [1.807, 2.05) is 18.3 Å². The molecule has 1 fully saturated rings. The number of hydrogen-bond donors (Lipinski definition) is 2. The lowest BCUT2D eigenvalue weighted by Gasteiger charge is -2.31. The Bertz CT molecular complexity index is 1060. The first-order chi connectivity index (χ1) is 14.9. The second-order valence-electron chi connectivity index (χ2n) is 8.72. The predicted molar refractivity (Wildman–Crippen MR) is 128 cm³/mol. The molecule has 0 atom stereocenters. The van der Waals surface area contributed by atoms with Gasteiger partial charge in [-0.3, -0.25) is 4.98 Å². The van der Waals surface area contributed by atoms with Crippen LogP contribution < -0.4 is 10.1 Å². The summed E-state index contributed by atoms with van der Waals surface area (Å²) in [5.41, 5.74) is 3.95. The van der Waals surface area contributed by atoms with Gasteiger partial charge in [0.2, 0.25) is 0 Å². The maximum Gasteiger partial charge on any atom is 0.176 e. The summed E-state index contributed by atoms with van der Waals surface area (Å²) in [7, 11) is 5.83. The van der Waals surface area contributed by atoms with Crippen LogP contribution in [-0.4, -0.2) is 48.8 Å². The molecule has 0 aliphatic heterocycles. The van der Waals surface area contributed by atoms with E-state index in [0.29, 0.717) is 11.8 Å². The van der Waals surface area contributed by atoms with Gasteiger partial charge in [0.05, 0.1) is 17.6 Å². The predicted octanol–water partition coefficient (Wildman–Crippen LogP) is 5.80. The van der Waals surface area contributed by atoms with E-state index in [1.165, 1.54) is 39.3 Å². The SMILES string of the molecule is COc1cc(-c2ccc3nccc(N[C@H]4CC[C@H](CN(C)C)CC4)c3c2)cc(Cl)c1O. The van der Waals surface area contributed by atoms with Crippen LogP contribution >= 0.6 is 11.6 Å². The third-order valence-corrected chi connectivity index (χ3v) is 6.44. The monoisotopic (exact) mass is 439 g/mol. The first-order valence-corrected chi connectivity index (χ1v) is 11.2. The Morgan fingerprint density at radius 2 is 1.87 bits per heavy atom. The van der Waals surface area contributed by atoms with E-state index < -0.39 is 0 Å². The van der Waals surface area contributed by atoms with Crippen LogP contribution in [0.25, 0.3) is 22.0 Å². The largest absolute Gasteiger partial charge is 0.503 e. The Labute approximate surface area is 189 Å². The summed E-state index contributed by atoms with van der Waals surface area (Å²) in [6.45, 7) is 1.17. The second-order valence-corrected chi connectivity index (χ2v) is 9.13. The van der Waals surface area contributed by atoms with Crippen LogP contribution in [0, 0.1) is 5.92 Å². The van der Waals surface area contributed by atoms with Crippen LogP contribution in [0.5, 0.6) is 11.5 Å². The van der Waals surface area contributed by atoms with Crippen molar-refractivity contribution in [3.05, 3.63) is 47.6 Å². The molecule has 1 aromatic heterocycles. The fourth-order valence-electron chi connectivity index (χ4n) is 4.57. The normalized spacial score (nSPS) is 19.0. The Morgan fingerprint density at radius 1 is 1.10 bits per heavy atom. The van der Waals surface area contributed by atoms with E-state index in [4.69, 9.17) is 16.3 Å². The maximum atomic E-state index is 10.1. The molecule has 0 amide bonds. The number of halogens is 1. The Balaban J connectivity index is 1.59. The Morgan fingerprint density at radius 3 is 2.58 bits per heavy atom. The van der Waals surface area contributed by atoms with Gasteiger partial charge in [0, 0.05) is 29.9 Å². The molecule has 0 radical (unpaired) electrons. The standard InChI is InChI=1S/C25H30ClN3O2/c1-29(2)15-16-4-7-19(8-5-16)28-23-10-11-27-22-9-6-17(12-20(22)23)18-13-21(26)25(30)24(14-18)31-3/h6,9-14,16,19,30H,4-5,7-8,15H2,1-3H3,(H,27,28)/t16-,19-. The molecule has 1 aliphatic rings. The minimum Gasteiger partial charge on any atom is -0.503 e. The van der Waals surface area contributed by atoms with Gasteiger partial charge in [0.15, 0.2) is 11.5 Å². The summed E-state index contributed by atoms with van der Waals surface area (Å²) in [5, 5.41) is 15.2. The lowest BCUT2D eigenvalue weighted by atomic mass is 9.85. The van der Waals surface area contributed by atoms with E-state index in [9.17, 15) is 5.11 Å². The summed E-state index contributed by atoms with van der Waals surface area (Å²) in [4.78, 5) is 6.84. The van der Waals surface area contributed by atoms with Gasteiger partial charge in [0.1, 0.15) is 0 Å². The number of hydrogen-bond acceptors (Lipinski definition) is 5. The molecule has 6 heteroatoms. The van der Waals surface area contributed by atoms with Crippen molar-refractivity contribution < 1.29 is 9.84 Å². The maximum absolute atomic E-state index is 10.1. The number of phenolic OH excluding ortho intramolecular Hbond substituents is 1. The molecular formula is C25H30ClN3O2. The molecule has 5 nitrogen and oxygen atoms in total. The zero-order valence-electron chi connectivity index (χ0n) is 18.4. The van der Waals surface area contributed by atoms with Crippen molar-refractivity contribution in [3.8, 4) is 22.6 Å². The van der Waals surface area contributed by atoms with Gasteiger partial charge in [-0.1, -0.05) is 17.7 Å². The number of aromatic hydroxyl groups is 1.